The van der Waals surface area contributed by atoms with Crippen molar-refractivity contribution in [3.8, 4) is 0 Å². The van der Waals surface area contributed by atoms with Crippen molar-refractivity contribution < 1.29 is 4.74 Å². The molecule has 1 aliphatic heterocycles. The van der Waals surface area contributed by atoms with E-state index >= 15 is 0 Å². The van der Waals surface area contributed by atoms with E-state index < -0.39 is 0 Å². The highest BCUT2D eigenvalue weighted by atomic mass is 35.5. The third-order valence-electron chi connectivity index (χ3n) is 3.00. The fourth-order valence-corrected chi connectivity index (χ4v) is 2.23. The lowest BCUT2D eigenvalue weighted by Crippen LogP contribution is -2.48. The van der Waals surface area contributed by atoms with Crippen LogP contribution in [0.1, 0.15) is 0 Å². The number of hydrogen-bond acceptors (Lipinski definition) is 4. The number of rotatable bonds is 1. The van der Waals surface area contributed by atoms with Gasteiger partial charge in [-0.25, -0.2) is 9.66 Å². The van der Waals surface area contributed by atoms with E-state index in [-0.39, 0.29) is 5.56 Å². The van der Waals surface area contributed by atoms with Crippen LogP contribution in [-0.2, 0) is 4.74 Å². The summed E-state index contributed by atoms with van der Waals surface area (Å²) in [6, 6.07) is 5.14. The van der Waals surface area contributed by atoms with E-state index in [2.05, 4.69) is 4.98 Å². The zero-order valence-electron chi connectivity index (χ0n) is 9.67. The number of hydrogen-bond donors (Lipinski definition) is 0. The molecule has 3 rings (SSSR count). The van der Waals surface area contributed by atoms with Gasteiger partial charge < -0.3 is 9.75 Å². The zero-order valence-corrected chi connectivity index (χ0v) is 10.4. The summed E-state index contributed by atoms with van der Waals surface area (Å²) in [6.45, 7) is 2.63. The van der Waals surface area contributed by atoms with Crippen LogP contribution in [0.3, 0.4) is 0 Å². The van der Waals surface area contributed by atoms with Crippen LogP contribution in [0.15, 0.2) is 29.3 Å². The molecule has 0 N–H and O–H groups in total. The number of benzene rings is 1. The molecule has 0 aliphatic carbocycles. The summed E-state index contributed by atoms with van der Waals surface area (Å²) in [5.74, 6) is 0. The molecule has 0 spiro atoms. The van der Waals surface area contributed by atoms with Crippen LogP contribution in [0.4, 0.5) is 0 Å². The highest BCUT2D eigenvalue weighted by molar-refractivity contribution is 6.31. The van der Waals surface area contributed by atoms with Crippen LogP contribution in [-0.4, -0.2) is 36.0 Å². The largest absolute Gasteiger partial charge is 0.378 e. The summed E-state index contributed by atoms with van der Waals surface area (Å²) in [7, 11) is 0. The van der Waals surface area contributed by atoms with Crippen LogP contribution < -0.4 is 10.6 Å². The second-order valence-electron chi connectivity index (χ2n) is 4.12. The van der Waals surface area contributed by atoms with Crippen LogP contribution >= 0.6 is 11.6 Å². The Hall–Kier alpha value is -1.59. The molecule has 0 atom stereocenters. The van der Waals surface area contributed by atoms with Crippen molar-refractivity contribution in [1.29, 1.82) is 0 Å². The van der Waals surface area contributed by atoms with E-state index in [1.54, 1.807) is 29.2 Å². The smallest absolute Gasteiger partial charge is 0.279 e. The standard InChI is InChI=1S/C12H12ClN3O2/c13-9-1-2-11-10(7-9)12(17)16(8-14-11)15-3-5-18-6-4-15/h1-2,7-8H,3-6H2. The molecule has 1 fully saturated rings. The maximum absolute atomic E-state index is 12.4. The molecule has 0 amide bonds. The van der Waals surface area contributed by atoms with Crippen molar-refractivity contribution in [2.45, 2.75) is 0 Å². The fraction of sp³-hybridized carbons (Fsp3) is 0.333. The van der Waals surface area contributed by atoms with Crippen LogP contribution in [0.2, 0.25) is 5.02 Å². The maximum atomic E-state index is 12.4. The Bertz CT molecular complexity index is 635. The van der Waals surface area contributed by atoms with Gasteiger partial charge in [0.2, 0.25) is 0 Å². The van der Waals surface area contributed by atoms with Crippen molar-refractivity contribution in [3.05, 3.63) is 39.9 Å². The summed E-state index contributed by atoms with van der Waals surface area (Å²) in [5, 5.41) is 3.01. The summed E-state index contributed by atoms with van der Waals surface area (Å²) in [5.41, 5.74) is 0.568. The molecule has 1 saturated heterocycles. The highest BCUT2D eigenvalue weighted by Crippen LogP contribution is 2.14. The first-order valence-electron chi connectivity index (χ1n) is 5.75. The van der Waals surface area contributed by atoms with Crippen LogP contribution in [0.25, 0.3) is 10.9 Å². The van der Waals surface area contributed by atoms with Crippen LogP contribution in [0, 0.1) is 0 Å². The van der Waals surface area contributed by atoms with Gasteiger partial charge in [-0.3, -0.25) is 4.79 Å². The second-order valence-corrected chi connectivity index (χ2v) is 4.56. The molecule has 2 aromatic rings. The molecule has 0 bridgehead atoms. The molecule has 0 unspecified atom stereocenters. The molecule has 6 heteroatoms. The molecule has 1 aromatic heterocycles. The van der Waals surface area contributed by atoms with E-state index in [1.165, 1.54) is 0 Å². The van der Waals surface area contributed by atoms with Gasteiger partial charge in [0.1, 0.15) is 6.33 Å². The van der Waals surface area contributed by atoms with E-state index in [0.29, 0.717) is 42.2 Å². The Labute approximate surface area is 109 Å². The Morgan fingerprint density at radius 1 is 1.28 bits per heavy atom. The third kappa shape index (κ3) is 1.95. The van der Waals surface area contributed by atoms with E-state index in [9.17, 15) is 4.79 Å². The van der Waals surface area contributed by atoms with Crippen molar-refractivity contribution in [1.82, 2.24) is 9.66 Å². The minimum Gasteiger partial charge on any atom is -0.378 e. The maximum Gasteiger partial charge on any atom is 0.279 e. The van der Waals surface area contributed by atoms with Gasteiger partial charge in [-0.05, 0) is 18.2 Å². The lowest BCUT2D eigenvalue weighted by molar-refractivity contribution is 0.110. The van der Waals surface area contributed by atoms with Crippen molar-refractivity contribution in [2.75, 3.05) is 31.3 Å². The van der Waals surface area contributed by atoms with E-state index in [4.69, 9.17) is 16.3 Å². The Morgan fingerprint density at radius 3 is 2.83 bits per heavy atom. The summed E-state index contributed by atoms with van der Waals surface area (Å²) in [4.78, 5) is 16.6. The van der Waals surface area contributed by atoms with Gasteiger partial charge >= 0.3 is 0 Å². The van der Waals surface area contributed by atoms with Gasteiger partial charge in [-0.2, -0.15) is 0 Å². The molecule has 94 valence electrons. The Kier molecular flexibility index (Phi) is 2.93. The number of nitrogens with zero attached hydrogens (tertiary/aromatic N) is 3. The Morgan fingerprint density at radius 2 is 2.06 bits per heavy atom. The molecule has 5 nitrogen and oxygen atoms in total. The summed E-state index contributed by atoms with van der Waals surface area (Å²) in [6.07, 6.45) is 1.56. The lowest BCUT2D eigenvalue weighted by Gasteiger charge is -2.29. The van der Waals surface area contributed by atoms with Crippen LogP contribution in [0.5, 0.6) is 0 Å². The highest BCUT2D eigenvalue weighted by Gasteiger charge is 2.14. The predicted octanol–water partition coefficient (Wildman–Crippen LogP) is 1.02. The number of ether oxygens (including phenoxy) is 1. The SMILES string of the molecule is O=c1c2cc(Cl)ccc2ncn1N1CCOCC1. The molecular formula is C12H12ClN3O2. The zero-order chi connectivity index (χ0) is 12.5. The molecule has 1 aliphatic rings. The summed E-state index contributed by atoms with van der Waals surface area (Å²) < 4.78 is 6.81. The molecule has 18 heavy (non-hydrogen) atoms. The van der Waals surface area contributed by atoms with Gasteiger partial charge in [0.25, 0.3) is 5.56 Å². The van der Waals surface area contributed by atoms with Gasteiger partial charge in [0.15, 0.2) is 0 Å². The van der Waals surface area contributed by atoms with E-state index in [0.717, 1.165) is 0 Å². The number of fused-ring (bicyclic) bond motifs is 1. The molecule has 0 radical (unpaired) electrons. The lowest BCUT2D eigenvalue weighted by atomic mass is 10.2. The predicted molar refractivity (Wildman–Crippen MR) is 69.8 cm³/mol. The Balaban J connectivity index is 2.13. The number of aromatic nitrogens is 2. The normalized spacial score (nSPS) is 16.2. The molecule has 1 aromatic carbocycles. The van der Waals surface area contributed by atoms with Gasteiger partial charge in [0, 0.05) is 5.02 Å². The number of morpholine rings is 1. The second kappa shape index (κ2) is 4.59. The van der Waals surface area contributed by atoms with Gasteiger partial charge in [0.05, 0.1) is 37.2 Å². The van der Waals surface area contributed by atoms with Crippen molar-refractivity contribution >= 4 is 22.5 Å². The van der Waals surface area contributed by atoms with Crippen molar-refractivity contribution in [3.63, 3.8) is 0 Å². The average molecular weight is 266 g/mol. The quantitative estimate of drug-likeness (QED) is 0.772. The average Bonchev–Trinajstić information content (AvgIpc) is 2.41. The fourth-order valence-electron chi connectivity index (χ4n) is 2.06. The first-order chi connectivity index (χ1) is 8.75. The molecule has 2 heterocycles. The molecule has 0 saturated carbocycles. The summed E-state index contributed by atoms with van der Waals surface area (Å²) >= 11 is 5.92. The minimum absolute atomic E-state index is 0.0931. The molecular weight excluding hydrogens is 254 g/mol. The van der Waals surface area contributed by atoms with E-state index in [1.807, 2.05) is 5.01 Å². The van der Waals surface area contributed by atoms with Gasteiger partial charge in [-0.15, -0.1) is 0 Å². The third-order valence-corrected chi connectivity index (χ3v) is 3.23. The number of halogens is 1. The van der Waals surface area contributed by atoms with Crippen molar-refractivity contribution in [2.24, 2.45) is 0 Å². The first kappa shape index (κ1) is 11.5. The monoisotopic (exact) mass is 265 g/mol. The minimum atomic E-state index is -0.0931. The van der Waals surface area contributed by atoms with Gasteiger partial charge in [-0.1, -0.05) is 11.6 Å². The topological polar surface area (TPSA) is 47.4 Å². The first-order valence-corrected chi connectivity index (χ1v) is 6.13.